The van der Waals surface area contributed by atoms with Crippen LogP contribution in [0.5, 0.6) is 5.75 Å². The molecular weight excluding hydrogens is 352 g/mol. The van der Waals surface area contributed by atoms with Crippen molar-refractivity contribution >= 4 is 23.2 Å². The van der Waals surface area contributed by atoms with Crippen molar-refractivity contribution in [3.8, 4) is 5.75 Å². The van der Waals surface area contributed by atoms with Crippen molar-refractivity contribution in [2.45, 2.75) is 18.9 Å². The van der Waals surface area contributed by atoms with E-state index in [0.29, 0.717) is 17.1 Å². The molecule has 1 heterocycles. The summed E-state index contributed by atoms with van der Waals surface area (Å²) >= 11 is 0. The summed E-state index contributed by atoms with van der Waals surface area (Å²) in [5.41, 5.74) is 2.97. The van der Waals surface area contributed by atoms with E-state index in [9.17, 15) is 9.59 Å². The Bertz CT molecular complexity index is 963. The molecule has 0 fully saturated rings. The van der Waals surface area contributed by atoms with Gasteiger partial charge in [0, 0.05) is 5.69 Å². The third-order valence-corrected chi connectivity index (χ3v) is 4.71. The average Bonchev–Trinajstić information content (AvgIpc) is 2.71. The van der Waals surface area contributed by atoms with Gasteiger partial charge in [-0.25, -0.2) is 0 Å². The SMILES string of the molecule is C[C@@H]1Oc2ccc(NC(=O)C(c3ccccc3)c3ccccc3)cc2NC1=O. The molecule has 0 aromatic heterocycles. The second-order valence-electron chi connectivity index (χ2n) is 6.70. The number of rotatable bonds is 4. The standard InChI is InChI=1S/C23H20N2O3/c1-15-22(26)25-19-14-18(12-13-20(19)28-15)24-23(27)21(16-8-4-2-5-9-16)17-10-6-3-7-11-17/h2-15,21H,1H3,(H,24,27)(H,25,26)/t15-/m0/s1. The zero-order chi connectivity index (χ0) is 19.5. The quantitative estimate of drug-likeness (QED) is 0.722. The summed E-state index contributed by atoms with van der Waals surface area (Å²) in [7, 11) is 0. The van der Waals surface area contributed by atoms with Crippen molar-refractivity contribution < 1.29 is 14.3 Å². The minimum absolute atomic E-state index is 0.145. The third kappa shape index (κ3) is 3.60. The highest BCUT2D eigenvalue weighted by Crippen LogP contribution is 2.33. The lowest BCUT2D eigenvalue weighted by Gasteiger charge is -2.24. The minimum Gasteiger partial charge on any atom is -0.479 e. The van der Waals surface area contributed by atoms with Crippen LogP contribution in [0.2, 0.25) is 0 Å². The van der Waals surface area contributed by atoms with E-state index in [0.717, 1.165) is 11.1 Å². The van der Waals surface area contributed by atoms with Crippen LogP contribution in [-0.4, -0.2) is 17.9 Å². The molecule has 28 heavy (non-hydrogen) atoms. The fourth-order valence-electron chi connectivity index (χ4n) is 3.29. The lowest BCUT2D eigenvalue weighted by atomic mass is 9.90. The Balaban J connectivity index is 1.62. The summed E-state index contributed by atoms with van der Waals surface area (Å²) in [5.74, 6) is -0.201. The van der Waals surface area contributed by atoms with Crippen molar-refractivity contribution in [3.63, 3.8) is 0 Å². The Morgan fingerprint density at radius 1 is 0.964 bits per heavy atom. The summed E-state index contributed by atoms with van der Waals surface area (Å²) in [6.07, 6.45) is -0.534. The van der Waals surface area contributed by atoms with Gasteiger partial charge in [0.15, 0.2) is 6.10 Å². The molecule has 3 aromatic carbocycles. The molecule has 2 amide bonds. The molecule has 0 saturated heterocycles. The van der Waals surface area contributed by atoms with Crippen molar-refractivity contribution in [2.75, 3.05) is 10.6 Å². The molecule has 0 radical (unpaired) electrons. The van der Waals surface area contributed by atoms with Crippen molar-refractivity contribution in [1.82, 2.24) is 0 Å². The highest BCUT2D eigenvalue weighted by Gasteiger charge is 2.25. The number of amides is 2. The second kappa shape index (κ2) is 7.56. The van der Waals surface area contributed by atoms with Gasteiger partial charge in [0.1, 0.15) is 5.75 Å². The summed E-state index contributed by atoms with van der Waals surface area (Å²) in [5, 5.41) is 5.77. The normalized spacial score (nSPS) is 15.4. The van der Waals surface area contributed by atoms with E-state index in [1.165, 1.54) is 0 Å². The highest BCUT2D eigenvalue weighted by molar-refractivity contribution is 6.01. The number of fused-ring (bicyclic) bond motifs is 1. The first-order valence-corrected chi connectivity index (χ1v) is 9.14. The van der Waals surface area contributed by atoms with E-state index >= 15 is 0 Å². The van der Waals surface area contributed by atoms with Crippen molar-refractivity contribution in [1.29, 1.82) is 0 Å². The molecule has 1 aliphatic heterocycles. The average molecular weight is 372 g/mol. The van der Waals surface area contributed by atoms with Gasteiger partial charge in [0.2, 0.25) is 5.91 Å². The maximum absolute atomic E-state index is 13.2. The Kier molecular flexibility index (Phi) is 4.81. The van der Waals surface area contributed by atoms with E-state index in [1.54, 1.807) is 25.1 Å². The van der Waals surface area contributed by atoms with Crippen LogP contribution in [0, 0.1) is 0 Å². The van der Waals surface area contributed by atoms with Crippen LogP contribution in [0.15, 0.2) is 78.9 Å². The number of anilines is 2. The fraction of sp³-hybridized carbons (Fsp3) is 0.130. The molecule has 0 aliphatic carbocycles. The third-order valence-electron chi connectivity index (χ3n) is 4.71. The van der Waals surface area contributed by atoms with E-state index in [1.807, 2.05) is 60.7 Å². The fourth-order valence-corrected chi connectivity index (χ4v) is 3.29. The van der Waals surface area contributed by atoms with Crippen LogP contribution < -0.4 is 15.4 Å². The molecule has 0 unspecified atom stereocenters. The summed E-state index contributed by atoms with van der Waals surface area (Å²) in [4.78, 5) is 25.0. The van der Waals surface area contributed by atoms with Crippen LogP contribution in [-0.2, 0) is 9.59 Å². The number of hydrogen-bond acceptors (Lipinski definition) is 3. The zero-order valence-electron chi connectivity index (χ0n) is 15.4. The van der Waals surface area contributed by atoms with Crippen LogP contribution >= 0.6 is 0 Å². The number of benzene rings is 3. The zero-order valence-corrected chi connectivity index (χ0v) is 15.4. The van der Waals surface area contributed by atoms with E-state index in [4.69, 9.17) is 4.74 Å². The smallest absolute Gasteiger partial charge is 0.265 e. The Morgan fingerprint density at radius 3 is 2.18 bits per heavy atom. The molecule has 4 rings (SSSR count). The predicted octanol–water partition coefficient (Wildman–Crippen LogP) is 4.18. The number of hydrogen-bond donors (Lipinski definition) is 2. The molecule has 5 nitrogen and oxygen atoms in total. The lowest BCUT2D eigenvalue weighted by molar-refractivity contribution is -0.122. The van der Waals surface area contributed by atoms with Gasteiger partial charge in [-0.1, -0.05) is 60.7 Å². The van der Waals surface area contributed by atoms with Gasteiger partial charge >= 0.3 is 0 Å². The van der Waals surface area contributed by atoms with Gasteiger partial charge in [0.05, 0.1) is 11.6 Å². The topological polar surface area (TPSA) is 67.4 Å². The van der Waals surface area contributed by atoms with E-state index < -0.39 is 12.0 Å². The molecule has 0 bridgehead atoms. The number of ether oxygens (including phenoxy) is 1. The molecule has 0 saturated carbocycles. The van der Waals surface area contributed by atoms with E-state index in [-0.39, 0.29) is 11.8 Å². The van der Waals surface area contributed by atoms with Crippen LogP contribution in [0.1, 0.15) is 24.0 Å². The molecule has 3 aromatic rings. The molecule has 1 atom stereocenters. The first kappa shape index (κ1) is 17.8. The predicted molar refractivity (Wildman–Crippen MR) is 109 cm³/mol. The second-order valence-corrected chi connectivity index (χ2v) is 6.70. The van der Waals surface area contributed by atoms with Gasteiger partial charge in [0.25, 0.3) is 5.91 Å². The first-order valence-electron chi connectivity index (χ1n) is 9.14. The Hall–Kier alpha value is -3.60. The molecule has 1 aliphatic rings. The summed E-state index contributed by atoms with van der Waals surface area (Å²) in [6.45, 7) is 1.69. The Labute approximate surface area is 163 Å². The van der Waals surface area contributed by atoms with Gasteiger partial charge in [-0.2, -0.15) is 0 Å². The number of carbonyl (C=O) groups excluding carboxylic acids is 2. The minimum atomic E-state index is -0.534. The number of nitrogens with one attached hydrogen (secondary N) is 2. The molecule has 5 heteroatoms. The molecule has 2 N–H and O–H groups in total. The van der Waals surface area contributed by atoms with Crippen LogP contribution in [0.3, 0.4) is 0 Å². The van der Waals surface area contributed by atoms with Gasteiger partial charge < -0.3 is 15.4 Å². The first-order chi connectivity index (χ1) is 13.6. The lowest BCUT2D eigenvalue weighted by Crippen LogP contribution is -2.34. The van der Waals surface area contributed by atoms with Crippen LogP contribution in [0.25, 0.3) is 0 Å². The largest absolute Gasteiger partial charge is 0.479 e. The monoisotopic (exact) mass is 372 g/mol. The van der Waals surface area contributed by atoms with Crippen molar-refractivity contribution in [3.05, 3.63) is 90.0 Å². The van der Waals surface area contributed by atoms with Crippen molar-refractivity contribution in [2.24, 2.45) is 0 Å². The van der Waals surface area contributed by atoms with Gasteiger partial charge in [-0.15, -0.1) is 0 Å². The maximum Gasteiger partial charge on any atom is 0.265 e. The summed E-state index contributed by atoms with van der Waals surface area (Å²) < 4.78 is 5.57. The maximum atomic E-state index is 13.2. The summed E-state index contributed by atoms with van der Waals surface area (Å²) in [6, 6.07) is 24.6. The highest BCUT2D eigenvalue weighted by atomic mass is 16.5. The molecule has 0 spiro atoms. The van der Waals surface area contributed by atoms with Gasteiger partial charge in [-0.05, 0) is 36.2 Å². The van der Waals surface area contributed by atoms with Gasteiger partial charge in [-0.3, -0.25) is 9.59 Å². The number of carbonyl (C=O) groups is 2. The molecule has 140 valence electrons. The Morgan fingerprint density at radius 2 is 1.57 bits per heavy atom. The van der Waals surface area contributed by atoms with Crippen LogP contribution in [0.4, 0.5) is 11.4 Å². The van der Waals surface area contributed by atoms with E-state index in [2.05, 4.69) is 10.6 Å². The molecular formula is C23H20N2O3.